The molecule has 0 bridgehead atoms. The number of rotatable bonds is 5. The van der Waals surface area contributed by atoms with E-state index < -0.39 is 31.0 Å². The molecule has 0 aliphatic rings. The van der Waals surface area contributed by atoms with Crippen LogP contribution in [0.3, 0.4) is 0 Å². The summed E-state index contributed by atoms with van der Waals surface area (Å²) in [6.07, 6.45) is -4.43. The van der Waals surface area contributed by atoms with E-state index in [1.807, 2.05) is 0 Å². The Morgan fingerprint density at radius 2 is 1.71 bits per heavy atom. The van der Waals surface area contributed by atoms with Gasteiger partial charge in [0.15, 0.2) is 0 Å². The van der Waals surface area contributed by atoms with Gasteiger partial charge in [-0.3, -0.25) is 0 Å². The topological polar surface area (TPSA) is 124 Å². The largest absolute Gasteiger partial charge is 1.00 e. The van der Waals surface area contributed by atoms with Crippen molar-refractivity contribution in [3.8, 4) is 0 Å². The van der Waals surface area contributed by atoms with Gasteiger partial charge in [0.05, 0.1) is 12.6 Å². The van der Waals surface area contributed by atoms with Crippen LogP contribution in [0.15, 0.2) is 0 Å². The summed E-state index contributed by atoms with van der Waals surface area (Å²) in [7, 11) is 0. The van der Waals surface area contributed by atoms with Gasteiger partial charge in [0, 0.05) is 0 Å². The van der Waals surface area contributed by atoms with E-state index in [0.717, 1.165) is 0 Å². The molecule has 0 fully saturated rings. The molecule has 0 radical (unpaired) electrons. The van der Waals surface area contributed by atoms with Gasteiger partial charge in [-0.15, -0.1) is 12.4 Å². The number of aliphatic hydroxyl groups is 4. The van der Waals surface area contributed by atoms with Crippen molar-refractivity contribution in [2.24, 2.45) is 5.73 Å². The van der Waals surface area contributed by atoms with Crippen LogP contribution in [0.1, 0.15) is 1.43 Å². The van der Waals surface area contributed by atoms with E-state index in [0.29, 0.717) is 0 Å². The fourth-order valence-electron chi connectivity index (χ4n) is 0.644. The predicted molar refractivity (Wildman–Crippen MR) is 47.5 cm³/mol. The Morgan fingerprint density at radius 3 is 2.00 bits per heavy atom. The summed E-state index contributed by atoms with van der Waals surface area (Å²) < 4.78 is 0. The minimum absolute atomic E-state index is 0. The number of halogens is 1. The molecule has 0 aromatic heterocycles. The Hall–Kier alpha value is 0.760. The summed E-state index contributed by atoms with van der Waals surface area (Å²) in [6, 6.07) is -1.26. The third-order valence-electron chi connectivity index (χ3n) is 1.48. The average molecular weight is 240 g/mol. The van der Waals surface area contributed by atoms with Crippen LogP contribution < -0.4 is 35.3 Å². The van der Waals surface area contributed by atoms with Crippen molar-refractivity contribution in [1.82, 2.24) is 0 Å². The first-order valence-corrected chi connectivity index (χ1v) is 3.40. The Bertz CT molecular complexity index is 157. The molecule has 8 heteroatoms. The number of hydrogen-bond acceptors (Lipinski definition) is 6. The van der Waals surface area contributed by atoms with E-state index in [4.69, 9.17) is 26.2 Å². The molecule has 0 aliphatic heterocycles. The molecule has 4 atom stereocenters. The van der Waals surface area contributed by atoms with Gasteiger partial charge < -0.3 is 32.4 Å². The summed E-state index contributed by atoms with van der Waals surface area (Å²) in [5.41, 5.74) is 5.04. The molecule has 6 N–H and O–H groups in total. The van der Waals surface area contributed by atoms with Gasteiger partial charge >= 0.3 is 29.6 Å². The van der Waals surface area contributed by atoms with E-state index in [2.05, 4.69) is 0 Å². The minimum atomic E-state index is -1.62. The first-order chi connectivity index (χ1) is 5.54. The van der Waals surface area contributed by atoms with Gasteiger partial charge in [-0.05, 0) is 0 Å². The number of hydrogen-bond donors (Lipinski definition) is 5. The molecule has 0 aromatic carbocycles. The van der Waals surface area contributed by atoms with Gasteiger partial charge in [0.1, 0.15) is 24.6 Å². The Kier molecular flexibility index (Phi) is 14.8. The molecular weight excluding hydrogens is 225 g/mol. The van der Waals surface area contributed by atoms with Crippen molar-refractivity contribution in [1.29, 1.82) is 0 Å². The normalized spacial score (nSPS) is 18.1. The summed E-state index contributed by atoms with van der Waals surface area (Å²) in [6.45, 7) is -0.705. The fraction of sp³-hybridized carbons (Fsp3) is 0.833. The average Bonchev–Trinajstić information content (AvgIpc) is 2.12. The number of nitrogens with two attached hydrogens (primary N) is 1. The van der Waals surface area contributed by atoms with Gasteiger partial charge in [0.25, 0.3) is 0 Å². The van der Waals surface area contributed by atoms with Crippen LogP contribution in [0.4, 0.5) is 0 Å². The monoisotopic (exact) mass is 239 g/mol. The maximum atomic E-state index is 10.0. The van der Waals surface area contributed by atoms with Crippen molar-refractivity contribution in [3.63, 3.8) is 0 Å². The second-order valence-corrected chi connectivity index (χ2v) is 2.44. The molecule has 0 spiro atoms. The summed E-state index contributed by atoms with van der Waals surface area (Å²) >= 11 is 0. The summed E-state index contributed by atoms with van der Waals surface area (Å²) in [5.74, 6) is 0. The predicted octanol–water partition coefficient (Wildman–Crippen LogP) is -5.87. The Balaban J connectivity index is -0.000000202. The first kappa shape index (κ1) is 20.2. The minimum Gasteiger partial charge on any atom is -1.00 e. The fourth-order valence-corrected chi connectivity index (χ4v) is 0.644. The van der Waals surface area contributed by atoms with Gasteiger partial charge in [-0.25, -0.2) is 0 Å². The van der Waals surface area contributed by atoms with Gasteiger partial charge in [0.2, 0.25) is 0 Å². The number of aldehydes is 1. The number of carbonyl (C=O) groups excluding carboxylic acids is 1. The number of carbonyl (C=O) groups is 1. The molecule has 14 heavy (non-hydrogen) atoms. The number of aliphatic hydroxyl groups excluding tert-OH is 4. The van der Waals surface area contributed by atoms with Gasteiger partial charge in [-0.2, -0.15) is 0 Å². The molecule has 0 amide bonds. The van der Waals surface area contributed by atoms with Crippen LogP contribution in [0.2, 0.25) is 0 Å². The first-order valence-electron chi connectivity index (χ1n) is 3.40. The molecule has 0 aliphatic carbocycles. The van der Waals surface area contributed by atoms with Crippen molar-refractivity contribution < 1.29 is 56.2 Å². The van der Waals surface area contributed by atoms with E-state index >= 15 is 0 Å². The zero-order valence-electron chi connectivity index (χ0n) is 8.78. The smallest absolute Gasteiger partial charge is 1.00 e. The van der Waals surface area contributed by atoms with Crippen molar-refractivity contribution >= 4 is 18.7 Å². The van der Waals surface area contributed by atoms with E-state index in [-0.39, 0.29) is 49.7 Å². The summed E-state index contributed by atoms with van der Waals surface area (Å²) in [4.78, 5) is 10.0. The molecule has 0 aromatic rings. The molecule has 6 nitrogen and oxygen atoms in total. The van der Waals surface area contributed by atoms with Crippen molar-refractivity contribution in [3.05, 3.63) is 0 Å². The van der Waals surface area contributed by atoms with Crippen LogP contribution >= 0.6 is 12.4 Å². The maximum absolute atomic E-state index is 10.0. The van der Waals surface area contributed by atoms with Gasteiger partial charge in [-0.1, -0.05) is 0 Å². The second-order valence-electron chi connectivity index (χ2n) is 2.44. The Labute approximate surface area is 111 Å². The zero-order chi connectivity index (χ0) is 9.72. The maximum Gasteiger partial charge on any atom is 1.00 e. The third kappa shape index (κ3) is 6.28. The molecular formula is C6H15ClNNaO5. The van der Waals surface area contributed by atoms with E-state index in [9.17, 15) is 4.79 Å². The standard InChI is InChI=1S/C6H13NO5.ClH.Na.H/c7-3(1-8)5(11)6(12)4(10)2-9;;;/h1,3-6,9-12H,2,7H2;1H;;/q;;+1;-1/t3-,4+,5+,6+;;;/m0.../s1. The van der Waals surface area contributed by atoms with E-state index in [1.165, 1.54) is 0 Å². The van der Waals surface area contributed by atoms with Crippen molar-refractivity contribution in [2.75, 3.05) is 6.61 Å². The molecule has 82 valence electrons. The quantitative estimate of drug-likeness (QED) is 0.240. The van der Waals surface area contributed by atoms with Crippen LogP contribution in [0, 0.1) is 0 Å². The SMILES string of the molecule is Cl.N[C@@H](C=O)[C@@H](O)[C@H](O)[C@H](O)CO.[H-].[Na+]. The van der Waals surface area contributed by atoms with Crippen LogP contribution in [-0.4, -0.2) is 57.7 Å². The zero-order valence-corrected chi connectivity index (χ0v) is 10.6. The Morgan fingerprint density at radius 1 is 1.29 bits per heavy atom. The molecule has 0 unspecified atom stereocenters. The second kappa shape index (κ2) is 10.3. The molecule has 0 saturated heterocycles. The summed E-state index contributed by atoms with van der Waals surface area (Å²) in [5, 5.41) is 35.2. The van der Waals surface area contributed by atoms with Crippen LogP contribution in [0.25, 0.3) is 0 Å². The van der Waals surface area contributed by atoms with Crippen LogP contribution in [-0.2, 0) is 4.79 Å². The molecule has 0 rings (SSSR count). The third-order valence-corrected chi connectivity index (χ3v) is 1.48. The molecule has 0 saturated carbocycles. The molecule has 0 heterocycles. The van der Waals surface area contributed by atoms with E-state index in [1.54, 1.807) is 0 Å². The van der Waals surface area contributed by atoms with Crippen molar-refractivity contribution in [2.45, 2.75) is 24.4 Å². The van der Waals surface area contributed by atoms with Crippen LogP contribution in [0.5, 0.6) is 0 Å².